The molecule has 7 nitrogen and oxygen atoms in total. The minimum Gasteiger partial charge on any atom is -0.490 e. The van der Waals surface area contributed by atoms with Crippen LogP contribution >= 0.6 is 15.9 Å². The molecule has 140 valence electrons. The number of rotatable bonds is 7. The third kappa shape index (κ3) is 4.85. The molecule has 0 spiro atoms. The van der Waals surface area contributed by atoms with Crippen LogP contribution in [0.1, 0.15) is 15.9 Å². The van der Waals surface area contributed by atoms with Gasteiger partial charge in [0.05, 0.1) is 18.7 Å². The number of esters is 1. The third-order valence-electron chi connectivity index (χ3n) is 3.88. The van der Waals surface area contributed by atoms with E-state index in [1.165, 1.54) is 0 Å². The van der Waals surface area contributed by atoms with E-state index >= 15 is 0 Å². The summed E-state index contributed by atoms with van der Waals surface area (Å²) in [6, 6.07) is 13.6. The number of nitrogens with zero attached hydrogens (tertiary/aromatic N) is 1. The minimum atomic E-state index is -0.532. The van der Waals surface area contributed by atoms with Gasteiger partial charge in [-0.15, -0.1) is 0 Å². The number of urea groups is 1. The highest BCUT2D eigenvalue weighted by atomic mass is 79.9. The summed E-state index contributed by atoms with van der Waals surface area (Å²) in [7, 11) is 0. The second-order valence-electron chi connectivity index (χ2n) is 5.74. The Balaban J connectivity index is 1.57. The molecule has 1 saturated heterocycles. The Morgan fingerprint density at radius 2 is 1.93 bits per heavy atom. The number of carbonyl (C=O) groups excluding carboxylic acids is 3. The van der Waals surface area contributed by atoms with Gasteiger partial charge in [0.1, 0.15) is 19.0 Å². The first-order valence-corrected chi connectivity index (χ1v) is 9.05. The summed E-state index contributed by atoms with van der Waals surface area (Å²) in [5.74, 6) is -0.194. The van der Waals surface area contributed by atoms with Gasteiger partial charge in [-0.05, 0) is 29.8 Å². The lowest BCUT2D eigenvalue weighted by atomic mass is 10.1. The third-order valence-corrected chi connectivity index (χ3v) is 4.38. The zero-order valence-corrected chi connectivity index (χ0v) is 15.9. The molecule has 8 heteroatoms. The van der Waals surface area contributed by atoms with Crippen LogP contribution in [0.3, 0.4) is 0 Å². The highest BCUT2D eigenvalue weighted by molar-refractivity contribution is 9.10. The van der Waals surface area contributed by atoms with Crippen LogP contribution in [-0.4, -0.2) is 42.6 Å². The number of nitrogens with one attached hydrogen (secondary N) is 1. The maximum atomic E-state index is 12.4. The normalized spacial score (nSPS) is 13.4. The molecule has 3 rings (SSSR count). The van der Waals surface area contributed by atoms with Crippen LogP contribution in [0, 0.1) is 0 Å². The SMILES string of the molecule is O=C(OCCOc1cccc(Br)c1)c1ccccc1CN1C(=O)CNC1=O. The van der Waals surface area contributed by atoms with E-state index in [9.17, 15) is 14.4 Å². The van der Waals surface area contributed by atoms with Crippen molar-refractivity contribution < 1.29 is 23.9 Å². The summed E-state index contributed by atoms with van der Waals surface area (Å²) in [5.41, 5.74) is 0.855. The summed E-state index contributed by atoms with van der Waals surface area (Å²) in [6.45, 7) is 0.267. The Bertz CT molecular complexity index is 855. The van der Waals surface area contributed by atoms with Crippen molar-refractivity contribution in [3.05, 3.63) is 64.1 Å². The highest BCUT2D eigenvalue weighted by Gasteiger charge is 2.29. The molecule has 1 fully saturated rings. The van der Waals surface area contributed by atoms with E-state index in [0.717, 1.165) is 9.37 Å². The van der Waals surface area contributed by atoms with Crippen molar-refractivity contribution in [2.24, 2.45) is 0 Å². The van der Waals surface area contributed by atoms with Gasteiger partial charge in [0.15, 0.2) is 0 Å². The highest BCUT2D eigenvalue weighted by Crippen LogP contribution is 2.18. The van der Waals surface area contributed by atoms with E-state index in [-0.39, 0.29) is 32.2 Å². The number of ether oxygens (including phenoxy) is 2. The van der Waals surface area contributed by atoms with Crippen LogP contribution in [0.15, 0.2) is 53.0 Å². The van der Waals surface area contributed by atoms with Crippen molar-refractivity contribution in [2.75, 3.05) is 19.8 Å². The van der Waals surface area contributed by atoms with Crippen molar-refractivity contribution >= 4 is 33.8 Å². The van der Waals surface area contributed by atoms with E-state index in [0.29, 0.717) is 16.9 Å². The van der Waals surface area contributed by atoms with Gasteiger partial charge in [0, 0.05) is 4.47 Å². The Morgan fingerprint density at radius 3 is 2.67 bits per heavy atom. The molecule has 0 atom stereocenters. The second kappa shape index (κ2) is 8.68. The predicted octanol–water partition coefficient (Wildman–Crippen LogP) is 2.74. The molecule has 0 aromatic heterocycles. The van der Waals surface area contributed by atoms with Crippen molar-refractivity contribution in [1.82, 2.24) is 10.2 Å². The summed E-state index contributed by atoms with van der Waals surface area (Å²) in [5, 5.41) is 2.45. The zero-order chi connectivity index (χ0) is 19.2. The Hall–Kier alpha value is -2.87. The first-order valence-electron chi connectivity index (χ1n) is 8.26. The number of hydrogen-bond donors (Lipinski definition) is 1. The molecule has 1 N–H and O–H groups in total. The van der Waals surface area contributed by atoms with E-state index in [1.807, 2.05) is 18.2 Å². The van der Waals surface area contributed by atoms with Crippen molar-refractivity contribution in [2.45, 2.75) is 6.54 Å². The Morgan fingerprint density at radius 1 is 1.11 bits per heavy atom. The standard InChI is InChI=1S/C19H17BrN2O5/c20-14-5-3-6-15(10-14)26-8-9-27-18(24)16-7-2-1-4-13(16)12-22-17(23)11-21-19(22)25/h1-7,10H,8-9,11-12H2,(H,21,25). The summed E-state index contributed by atoms with van der Waals surface area (Å²) < 4.78 is 11.7. The van der Waals surface area contributed by atoms with E-state index in [2.05, 4.69) is 21.2 Å². The molecule has 0 saturated carbocycles. The number of imide groups is 1. The number of halogens is 1. The summed E-state index contributed by atoms with van der Waals surface area (Å²) >= 11 is 3.36. The van der Waals surface area contributed by atoms with Crippen molar-refractivity contribution in [3.63, 3.8) is 0 Å². The number of amides is 3. The molecular formula is C19H17BrN2O5. The molecule has 27 heavy (non-hydrogen) atoms. The van der Waals surface area contributed by atoms with Gasteiger partial charge >= 0.3 is 12.0 Å². The molecule has 2 aromatic rings. The molecule has 1 aliphatic heterocycles. The van der Waals surface area contributed by atoms with Gasteiger partial charge in [-0.2, -0.15) is 0 Å². The Labute approximate surface area is 164 Å². The second-order valence-corrected chi connectivity index (χ2v) is 6.65. The maximum Gasteiger partial charge on any atom is 0.338 e. The maximum absolute atomic E-state index is 12.4. The van der Waals surface area contributed by atoms with Gasteiger partial charge in [0.2, 0.25) is 5.91 Å². The molecule has 0 aliphatic carbocycles. The van der Waals surface area contributed by atoms with Gasteiger partial charge in [0.25, 0.3) is 0 Å². The zero-order valence-electron chi connectivity index (χ0n) is 14.3. The monoisotopic (exact) mass is 432 g/mol. The molecule has 0 bridgehead atoms. The molecule has 2 aromatic carbocycles. The number of carbonyl (C=O) groups is 3. The predicted molar refractivity (Wildman–Crippen MR) is 100 cm³/mol. The van der Waals surface area contributed by atoms with Crippen molar-refractivity contribution in [1.29, 1.82) is 0 Å². The fraction of sp³-hybridized carbons (Fsp3) is 0.211. The molecule has 3 amide bonds. The Kier molecular flexibility index (Phi) is 6.08. The van der Waals surface area contributed by atoms with Crippen LogP contribution in [-0.2, 0) is 16.1 Å². The minimum absolute atomic E-state index is 0.0183. The first kappa shape index (κ1) is 18.9. The fourth-order valence-corrected chi connectivity index (χ4v) is 2.95. The number of benzene rings is 2. The molecular weight excluding hydrogens is 416 g/mol. The van der Waals surface area contributed by atoms with Crippen LogP contribution < -0.4 is 10.1 Å². The van der Waals surface area contributed by atoms with Gasteiger partial charge in [-0.1, -0.05) is 40.2 Å². The van der Waals surface area contributed by atoms with Crippen LogP contribution in [0.5, 0.6) is 5.75 Å². The van der Waals surface area contributed by atoms with E-state index in [4.69, 9.17) is 9.47 Å². The molecule has 1 heterocycles. The fourth-order valence-electron chi connectivity index (χ4n) is 2.57. The largest absolute Gasteiger partial charge is 0.490 e. The molecule has 0 unspecified atom stereocenters. The first-order chi connectivity index (χ1) is 13.0. The average Bonchev–Trinajstić information content (AvgIpc) is 2.97. The van der Waals surface area contributed by atoms with Crippen LogP contribution in [0.2, 0.25) is 0 Å². The lowest BCUT2D eigenvalue weighted by Crippen LogP contribution is -2.31. The topological polar surface area (TPSA) is 84.9 Å². The van der Waals surface area contributed by atoms with Gasteiger partial charge < -0.3 is 14.8 Å². The molecule has 1 aliphatic rings. The summed E-state index contributed by atoms with van der Waals surface area (Å²) in [6.07, 6.45) is 0. The van der Waals surface area contributed by atoms with Gasteiger partial charge in [-0.25, -0.2) is 9.59 Å². The quantitative estimate of drug-likeness (QED) is 0.413. The van der Waals surface area contributed by atoms with Gasteiger partial charge in [-0.3, -0.25) is 9.69 Å². The van der Waals surface area contributed by atoms with Crippen LogP contribution in [0.25, 0.3) is 0 Å². The lowest BCUT2D eigenvalue weighted by Gasteiger charge is -2.15. The summed E-state index contributed by atoms with van der Waals surface area (Å²) in [4.78, 5) is 36.9. The van der Waals surface area contributed by atoms with Crippen LogP contribution in [0.4, 0.5) is 4.79 Å². The van der Waals surface area contributed by atoms with Crippen molar-refractivity contribution in [3.8, 4) is 5.75 Å². The number of hydrogen-bond acceptors (Lipinski definition) is 5. The van der Waals surface area contributed by atoms with E-state index in [1.54, 1.807) is 30.3 Å². The average molecular weight is 433 g/mol. The molecule has 0 radical (unpaired) electrons. The smallest absolute Gasteiger partial charge is 0.338 e. The lowest BCUT2D eigenvalue weighted by molar-refractivity contribution is -0.125. The van der Waals surface area contributed by atoms with E-state index < -0.39 is 12.0 Å².